The molecule has 94 valence electrons. The average Bonchev–Trinajstić information content (AvgIpc) is 2.41. The summed E-state index contributed by atoms with van der Waals surface area (Å²) in [5.41, 5.74) is 7.79. The van der Waals surface area contributed by atoms with Crippen LogP contribution in [-0.4, -0.2) is 12.0 Å². The Labute approximate surface area is 112 Å². The molecule has 0 aliphatic rings. The lowest BCUT2D eigenvalue weighted by atomic mass is 10.2. The van der Waals surface area contributed by atoms with Crippen LogP contribution < -0.4 is 10.6 Å². The second-order valence-electron chi connectivity index (χ2n) is 4.17. The summed E-state index contributed by atoms with van der Waals surface area (Å²) in [4.78, 5) is 6.40. The normalized spacial score (nSPS) is 10.4. The van der Waals surface area contributed by atoms with E-state index in [1.165, 1.54) is 0 Å². The number of pyridine rings is 1. The first-order valence-electron chi connectivity index (χ1n) is 5.80. The molecule has 0 saturated carbocycles. The first-order valence-corrected chi connectivity index (χ1v) is 6.18. The number of rotatable bonds is 4. The predicted octanol–water partition coefficient (Wildman–Crippen LogP) is 2.83. The third kappa shape index (κ3) is 3.00. The van der Waals surface area contributed by atoms with Gasteiger partial charge in [-0.1, -0.05) is 29.8 Å². The number of anilines is 1. The van der Waals surface area contributed by atoms with Crippen molar-refractivity contribution in [1.29, 1.82) is 0 Å². The molecule has 0 saturated heterocycles. The van der Waals surface area contributed by atoms with Gasteiger partial charge in [-0.2, -0.15) is 0 Å². The van der Waals surface area contributed by atoms with Crippen LogP contribution in [0.3, 0.4) is 0 Å². The number of hydrogen-bond acceptors (Lipinski definition) is 3. The summed E-state index contributed by atoms with van der Waals surface area (Å²) >= 11 is 6.15. The Bertz CT molecular complexity index is 528. The second kappa shape index (κ2) is 5.85. The van der Waals surface area contributed by atoms with Crippen molar-refractivity contribution >= 4 is 17.4 Å². The van der Waals surface area contributed by atoms with E-state index in [0.29, 0.717) is 6.54 Å². The highest BCUT2D eigenvalue weighted by Gasteiger charge is 2.06. The molecule has 0 spiro atoms. The van der Waals surface area contributed by atoms with Gasteiger partial charge in [0.1, 0.15) is 5.82 Å². The molecule has 0 amide bonds. The summed E-state index contributed by atoms with van der Waals surface area (Å²) in [6.07, 6.45) is 1.78. The van der Waals surface area contributed by atoms with Gasteiger partial charge in [0, 0.05) is 31.4 Å². The number of aromatic nitrogens is 1. The van der Waals surface area contributed by atoms with E-state index in [9.17, 15) is 0 Å². The summed E-state index contributed by atoms with van der Waals surface area (Å²) in [6.45, 7) is 1.25. The van der Waals surface area contributed by atoms with Gasteiger partial charge in [0.05, 0.1) is 0 Å². The van der Waals surface area contributed by atoms with Crippen LogP contribution in [0, 0.1) is 0 Å². The van der Waals surface area contributed by atoms with Crippen molar-refractivity contribution in [3.63, 3.8) is 0 Å². The summed E-state index contributed by atoms with van der Waals surface area (Å²) < 4.78 is 0. The van der Waals surface area contributed by atoms with Gasteiger partial charge in [0.15, 0.2) is 0 Å². The minimum Gasteiger partial charge on any atom is -0.355 e. The van der Waals surface area contributed by atoms with Crippen LogP contribution in [0.15, 0.2) is 42.6 Å². The van der Waals surface area contributed by atoms with Crippen LogP contribution in [0.5, 0.6) is 0 Å². The van der Waals surface area contributed by atoms with Crippen molar-refractivity contribution < 1.29 is 0 Å². The van der Waals surface area contributed by atoms with E-state index in [4.69, 9.17) is 17.3 Å². The van der Waals surface area contributed by atoms with E-state index in [1.54, 1.807) is 6.20 Å². The van der Waals surface area contributed by atoms with Crippen LogP contribution in [0.2, 0.25) is 5.02 Å². The van der Waals surface area contributed by atoms with Crippen LogP contribution in [0.1, 0.15) is 11.1 Å². The first-order chi connectivity index (χ1) is 8.70. The molecule has 2 N–H and O–H groups in total. The van der Waals surface area contributed by atoms with Gasteiger partial charge < -0.3 is 10.6 Å². The highest BCUT2D eigenvalue weighted by Crippen LogP contribution is 2.19. The molecule has 2 rings (SSSR count). The maximum Gasteiger partial charge on any atom is 0.128 e. The summed E-state index contributed by atoms with van der Waals surface area (Å²) in [7, 11) is 1.99. The van der Waals surface area contributed by atoms with Crippen LogP contribution in [0.4, 0.5) is 5.82 Å². The fourth-order valence-corrected chi connectivity index (χ4v) is 1.95. The lowest BCUT2D eigenvalue weighted by molar-refractivity contribution is 0.892. The molecular weight excluding hydrogens is 246 g/mol. The van der Waals surface area contributed by atoms with Crippen LogP contribution >= 0.6 is 11.6 Å². The number of nitrogens with two attached hydrogens (primary N) is 1. The monoisotopic (exact) mass is 261 g/mol. The zero-order valence-electron chi connectivity index (χ0n) is 10.3. The molecule has 0 atom stereocenters. The summed E-state index contributed by atoms with van der Waals surface area (Å²) in [5.74, 6) is 0.901. The van der Waals surface area contributed by atoms with E-state index in [1.807, 2.05) is 43.4 Å². The Balaban J connectivity index is 2.16. The quantitative estimate of drug-likeness (QED) is 0.920. The van der Waals surface area contributed by atoms with Gasteiger partial charge in [-0.15, -0.1) is 0 Å². The lowest BCUT2D eigenvalue weighted by Crippen LogP contribution is -2.18. The Kier molecular flexibility index (Phi) is 4.18. The molecule has 18 heavy (non-hydrogen) atoms. The van der Waals surface area contributed by atoms with Crippen molar-refractivity contribution in [2.24, 2.45) is 5.73 Å². The van der Waals surface area contributed by atoms with Crippen molar-refractivity contribution in [3.8, 4) is 0 Å². The Hall–Kier alpha value is -1.58. The molecule has 0 radical (unpaired) electrons. The van der Waals surface area contributed by atoms with Gasteiger partial charge in [-0.25, -0.2) is 4.98 Å². The molecule has 0 bridgehead atoms. The average molecular weight is 262 g/mol. The molecule has 3 nitrogen and oxygen atoms in total. The lowest BCUT2D eigenvalue weighted by Gasteiger charge is -2.19. The Morgan fingerprint density at radius 3 is 2.78 bits per heavy atom. The van der Waals surface area contributed by atoms with E-state index in [-0.39, 0.29) is 0 Å². The predicted molar refractivity (Wildman–Crippen MR) is 75.7 cm³/mol. The molecule has 4 heteroatoms. The fraction of sp³-hybridized carbons (Fsp3) is 0.214. The Morgan fingerprint density at radius 2 is 2.06 bits per heavy atom. The number of nitrogens with zero attached hydrogens (tertiary/aromatic N) is 2. The largest absolute Gasteiger partial charge is 0.355 e. The van der Waals surface area contributed by atoms with Gasteiger partial charge in [-0.3, -0.25) is 0 Å². The molecule has 1 aromatic carbocycles. The first kappa shape index (κ1) is 12.9. The molecule has 0 fully saturated rings. The number of halogens is 1. The maximum atomic E-state index is 6.15. The number of benzene rings is 1. The summed E-state index contributed by atoms with van der Waals surface area (Å²) in [5, 5.41) is 0.777. The third-order valence-corrected chi connectivity index (χ3v) is 3.17. The smallest absolute Gasteiger partial charge is 0.128 e. The Morgan fingerprint density at radius 1 is 1.28 bits per heavy atom. The standard InChI is InChI=1S/C14H16ClN3/c1-18(10-12-4-2-3-5-13(12)15)14-8-11(9-16)6-7-17-14/h2-8H,9-10,16H2,1H3. The molecule has 2 aromatic rings. The SMILES string of the molecule is CN(Cc1ccccc1Cl)c1cc(CN)ccn1. The molecule has 0 aliphatic carbocycles. The zero-order chi connectivity index (χ0) is 13.0. The van der Waals surface area contributed by atoms with E-state index >= 15 is 0 Å². The van der Waals surface area contributed by atoms with Gasteiger partial charge >= 0.3 is 0 Å². The van der Waals surface area contributed by atoms with Crippen molar-refractivity contribution in [2.45, 2.75) is 13.1 Å². The minimum absolute atomic E-state index is 0.523. The van der Waals surface area contributed by atoms with Gasteiger partial charge in [-0.05, 0) is 29.3 Å². The molecular formula is C14H16ClN3. The molecule has 0 aliphatic heterocycles. The van der Waals surface area contributed by atoms with Crippen molar-refractivity contribution in [3.05, 3.63) is 58.7 Å². The minimum atomic E-state index is 0.523. The van der Waals surface area contributed by atoms with Crippen molar-refractivity contribution in [1.82, 2.24) is 4.98 Å². The summed E-state index contributed by atoms with van der Waals surface area (Å²) in [6, 6.07) is 11.8. The maximum absolute atomic E-state index is 6.15. The van der Waals surface area contributed by atoms with E-state index in [2.05, 4.69) is 9.88 Å². The van der Waals surface area contributed by atoms with Crippen molar-refractivity contribution in [2.75, 3.05) is 11.9 Å². The third-order valence-electron chi connectivity index (χ3n) is 2.80. The topological polar surface area (TPSA) is 42.1 Å². The highest BCUT2D eigenvalue weighted by atomic mass is 35.5. The van der Waals surface area contributed by atoms with Crippen LogP contribution in [-0.2, 0) is 13.1 Å². The van der Waals surface area contributed by atoms with E-state index in [0.717, 1.165) is 28.5 Å². The fourth-order valence-electron chi connectivity index (χ4n) is 1.76. The molecule has 1 aromatic heterocycles. The van der Waals surface area contributed by atoms with Crippen LogP contribution in [0.25, 0.3) is 0 Å². The van der Waals surface area contributed by atoms with Gasteiger partial charge in [0.2, 0.25) is 0 Å². The zero-order valence-corrected chi connectivity index (χ0v) is 11.1. The molecule has 0 unspecified atom stereocenters. The van der Waals surface area contributed by atoms with E-state index < -0.39 is 0 Å². The highest BCUT2D eigenvalue weighted by molar-refractivity contribution is 6.31. The molecule has 1 heterocycles. The number of hydrogen-bond donors (Lipinski definition) is 1. The second-order valence-corrected chi connectivity index (χ2v) is 4.58. The van der Waals surface area contributed by atoms with Gasteiger partial charge in [0.25, 0.3) is 0 Å².